The Morgan fingerprint density at radius 1 is 1.17 bits per heavy atom. The Morgan fingerprint density at radius 3 is 2.56 bits per heavy atom. The molecule has 0 aliphatic rings. The molecule has 0 amide bonds. The van der Waals surface area contributed by atoms with Crippen LogP contribution in [-0.2, 0) is 6.54 Å². The van der Waals surface area contributed by atoms with E-state index in [1.165, 1.54) is 5.56 Å². The molecule has 0 aliphatic carbocycles. The average molecular weight is 242 g/mol. The van der Waals surface area contributed by atoms with Crippen LogP contribution < -0.4 is 10.1 Å². The molecule has 0 aliphatic heterocycles. The molecule has 1 N–H and O–H groups in total. The maximum Gasteiger partial charge on any atom is 0.135 e. The fraction of sp³-hybridized carbons (Fsp3) is 0.267. The van der Waals surface area contributed by atoms with Gasteiger partial charge in [-0.15, -0.1) is 0 Å². The predicted octanol–water partition coefficient (Wildman–Crippen LogP) is 3.21. The third-order valence-electron chi connectivity index (χ3n) is 2.70. The van der Waals surface area contributed by atoms with Gasteiger partial charge in [-0.05, 0) is 33.0 Å². The summed E-state index contributed by atoms with van der Waals surface area (Å²) in [6, 6.07) is 10.0. The number of aromatic nitrogens is 1. The molecule has 3 heteroatoms. The number of rotatable bonds is 4. The highest BCUT2D eigenvalue weighted by molar-refractivity contribution is 5.38. The number of nitrogens with zero attached hydrogens (tertiary/aromatic N) is 1. The van der Waals surface area contributed by atoms with Gasteiger partial charge in [0.2, 0.25) is 0 Å². The summed E-state index contributed by atoms with van der Waals surface area (Å²) in [6.45, 7) is 4.77. The molecule has 0 fully saturated rings. The monoisotopic (exact) mass is 242 g/mol. The lowest BCUT2D eigenvalue weighted by molar-refractivity contribution is 0.472. The molecule has 0 saturated carbocycles. The van der Waals surface area contributed by atoms with Crippen LogP contribution in [0.1, 0.15) is 16.8 Å². The molecule has 1 aromatic heterocycles. The molecular weight excluding hydrogens is 224 g/mol. The van der Waals surface area contributed by atoms with Crippen molar-refractivity contribution < 1.29 is 4.74 Å². The molecule has 0 saturated heterocycles. The lowest BCUT2D eigenvalue weighted by Crippen LogP contribution is -2.07. The summed E-state index contributed by atoms with van der Waals surface area (Å²) in [5, 5.41) is 3.12. The first-order valence-electron chi connectivity index (χ1n) is 6.03. The van der Waals surface area contributed by atoms with E-state index >= 15 is 0 Å². The number of hydrogen-bond donors (Lipinski definition) is 1. The highest BCUT2D eigenvalue weighted by atomic mass is 16.5. The highest BCUT2D eigenvalue weighted by Crippen LogP contribution is 2.25. The zero-order valence-corrected chi connectivity index (χ0v) is 11.0. The van der Waals surface area contributed by atoms with Crippen LogP contribution in [0.2, 0.25) is 0 Å². The molecule has 2 rings (SSSR count). The quantitative estimate of drug-likeness (QED) is 0.894. The summed E-state index contributed by atoms with van der Waals surface area (Å²) in [4.78, 5) is 4.29. The smallest absolute Gasteiger partial charge is 0.135 e. The molecule has 0 unspecified atom stereocenters. The zero-order valence-electron chi connectivity index (χ0n) is 11.0. The normalized spacial score (nSPS) is 10.4. The molecule has 2 aromatic rings. The zero-order chi connectivity index (χ0) is 13.0. The molecule has 0 bridgehead atoms. The maximum atomic E-state index is 5.92. The van der Waals surface area contributed by atoms with E-state index in [0.717, 1.165) is 29.3 Å². The second-order valence-electron chi connectivity index (χ2n) is 4.38. The average Bonchev–Trinajstić information content (AvgIpc) is 2.36. The van der Waals surface area contributed by atoms with Crippen molar-refractivity contribution in [2.45, 2.75) is 20.4 Å². The van der Waals surface area contributed by atoms with Gasteiger partial charge < -0.3 is 10.1 Å². The van der Waals surface area contributed by atoms with Crippen molar-refractivity contribution >= 4 is 0 Å². The van der Waals surface area contributed by atoms with E-state index in [9.17, 15) is 0 Å². The van der Waals surface area contributed by atoms with Crippen molar-refractivity contribution in [1.82, 2.24) is 10.3 Å². The van der Waals surface area contributed by atoms with Gasteiger partial charge >= 0.3 is 0 Å². The molecule has 0 radical (unpaired) electrons. The van der Waals surface area contributed by atoms with E-state index in [1.54, 1.807) is 0 Å². The molecule has 0 atom stereocenters. The van der Waals surface area contributed by atoms with Crippen LogP contribution in [0.4, 0.5) is 0 Å². The number of aryl methyl sites for hydroxylation is 2. The first-order chi connectivity index (χ1) is 8.69. The Bertz CT molecular complexity index is 521. The van der Waals surface area contributed by atoms with Gasteiger partial charge in [0.05, 0.1) is 0 Å². The summed E-state index contributed by atoms with van der Waals surface area (Å²) in [5.74, 6) is 1.71. The molecule has 0 spiro atoms. The fourth-order valence-corrected chi connectivity index (χ4v) is 1.71. The van der Waals surface area contributed by atoms with Crippen molar-refractivity contribution in [2.75, 3.05) is 7.05 Å². The van der Waals surface area contributed by atoms with E-state index in [2.05, 4.69) is 17.2 Å². The highest BCUT2D eigenvalue weighted by Gasteiger charge is 2.05. The Balaban J connectivity index is 2.26. The molecule has 1 heterocycles. The fourth-order valence-electron chi connectivity index (χ4n) is 1.71. The summed E-state index contributed by atoms with van der Waals surface area (Å²) in [6.07, 6.45) is 1.86. The van der Waals surface area contributed by atoms with Gasteiger partial charge in [0.1, 0.15) is 11.5 Å². The van der Waals surface area contributed by atoms with Crippen molar-refractivity contribution in [1.29, 1.82) is 0 Å². The predicted molar refractivity (Wildman–Crippen MR) is 73.0 cm³/mol. The number of pyridine rings is 1. The van der Waals surface area contributed by atoms with Gasteiger partial charge in [-0.2, -0.15) is 0 Å². The van der Waals surface area contributed by atoms with E-state index in [-0.39, 0.29) is 0 Å². The summed E-state index contributed by atoms with van der Waals surface area (Å²) >= 11 is 0. The van der Waals surface area contributed by atoms with Gasteiger partial charge in [-0.25, -0.2) is 0 Å². The first kappa shape index (κ1) is 12.6. The third-order valence-corrected chi connectivity index (χ3v) is 2.70. The summed E-state index contributed by atoms with van der Waals surface area (Å²) in [5.41, 5.74) is 3.24. The molecule has 18 heavy (non-hydrogen) atoms. The SMILES string of the molecule is CNCc1cnc(C)cc1Oc1ccc(C)cc1. The van der Waals surface area contributed by atoms with Gasteiger partial charge in [0, 0.05) is 30.1 Å². The Kier molecular flexibility index (Phi) is 3.95. The molecule has 1 aromatic carbocycles. The minimum atomic E-state index is 0.745. The van der Waals surface area contributed by atoms with E-state index < -0.39 is 0 Å². The molecule has 3 nitrogen and oxygen atoms in total. The Hall–Kier alpha value is -1.87. The largest absolute Gasteiger partial charge is 0.457 e. The van der Waals surface area contributed by atoms with E-state index in [4.69, 9.17) is 4.74 Å². The van der Waals surface area contributed by atoms with Gasteiger partial charge in [0.15, 0.2) is 0 Å². The van der Waals surface area contributed by atoms with Crippen LogP contribution in [0.15, 0.2) is 36.5 Å². The van der Waals surface area contributed by atoms with Crippen LogP contribution in [-0.4, -0.2) is 12.0 Å². The second kappa shape index (κ2) is 5.65. The van der Waals surface area contributed by atoms with Gasteiger partial charge in [-0.3, -0.25) is 4.98 Å². The van der Waals surface area contributed by atoms with Crippen molar-refractivity contribution in [3.63, 3.8) is 0 Å². The van der Waals surface area contributed by atoms with Crippen molar-refractivity contribution in [3.05, 3.63) is 53.3 Å². The van der Waals surface area contributed by atoms with E-state index in [0.29, 0.717) is 0 Å². The van der Waals surface area contributed by atoms with Crippen LogP contribution in [0.5, 0.6) is 11.5 Å². The van der Waals surface area contributed by atoms with Gasteiger partial charge in [-0.1, -0.05) is 17.7 Å². The molecular formula is C15H18N2O. The second-order valence-corrected chi connectivity index (χ2v) is 4.38. The number of nitrogens with one attached hydrogen (secondary N) is 1. The van der Waals surface area contributed by atoms with Crippen LogP contribution >= 0.6 is 0 Å². The van der Waals surface area contributed by atoms with Crippen molar-refractivity contribution in [2.24, 2.45) is 0 Å². The Morgan fingerprint density at radius 2 is 1.89 bits per heavy atom. The number of hydrogen-bond acceptors (Lipinski definition) is 3. The number of benzene rings is 1. The van der Waals surface area contributed by atoms with Gasteiger partial charge in [0.25, 0.3) is 0 Å². The van der Waals surface area contributed by atoms with Crippen LogP contribution in [0, 0.1) is 13.8 Å². The minimum Gasteiger partial charge on any atom is -0.457 e. The maximum absolute atomic E-state index is 5.92. The standard InChI is InChI=1S/C15H18N2O/c1-11-4-6-14(7-5-11)18-15-8-12(2)17-10-13(15)9-16-3/h4-8,10,16H,9H2,1-3H3. The van der Waals surface area contributed by atoms with E-state index in [1.807, 2.05) is 50.5 Å². The van der Waals surface area contributed by atoms with Crippen LogP contribution in [0.3, 0.4) is 0 Å². The Labute approximate surface area is 108 Å². The summed E-state index contributed by atoms with van der Waals surface area (Å²) in [7, 11) is 1.91. The lowest BCUT2D eigenvalue weighted by Gasteiger charge is -2.11. The topological polar surface area (TPSA) is 34.2 Å². The van der Waals surface area contributed by atoms with Crippen molar-refractivity contribution in [3.8, 4) is 11.5 Å². The van der Waals surface area contributed by atoms with Crippen LogP contribution in [0.25, 0.3) is 0 Å². The molecule has 94 valence electrons. The third kappa shape index (κ3) is 3.08. The minimum absolute atomic E-state index is 0.745. The number of ether oxygens (including phenoxy) is 1. The first-order valence-corrected chi connectivity index (χ1v) is 6.03. The lowest BCUT2D eigenvalue weighted by atomic mass is 10.2. The summed E-state index contributed by atoms with van der Waals surface area (Å²) < 4.78 is 5.92.